The van der Waals surface area contributed by atoms with Gasteiger partial charge in [0.05, 0.1) is 7.11 Å². The monoisotopic (exact) mass is 195 g/mol. The summed E-state index contributed by atoms with van der Waals surface area (Å²) < 4.78 is 4.49. The number of allylic oxidation sites excluding steroid dienone is 1. The molecule has 14 heavy (non-hydrogen) atoms. The summed E-state index contributed by atoms with van der Waals surface area (Å²) in [6.07, 6.45) is 1.79. The summed E-state index contributed by atoms with van der Waals surface area (Å²) in [4.78, 5) is 25.0. The molecule has 0 unspecified atom stereocenters. The van der Waals surface area contributed by atoms with Crippen LogP contribution >= 0.6 is 0 Å². The molecule has 1 fully saturated rings. The first-order valence-electron chi connectivity index (χ1n) is 3.94. The number of nitrogens with zero attached hydrogens (tertiary/aromatic N) is 3. The number of hydrogen-bond acceptors (Lipinski definition) is 3. The smallest absolute Gasteiger partial charge is 0.320 e. The van der Waals surface area contributed by atoms with E-state index in [0.29, 0.717) is 6.42 Å². The Hall–Kier alpha value is -1.81. The number of amides is 1. The molecule has 0 aromatic heterocycles. The van der Waals surface area contributed by atoms with Gasteiger partial charge < -0.3 is 4.74 Å². The topological polar surface area (TPSA) is 92.1 Å². The van der Waals surface area contributed by atoms with Crippen molar-refractivity contribution in [3.05, 3.63) is 23.1 Å². The van der Waals surface area contributed by atoms with Crippen LogP contribution in [0.25, 0.3) is 10.4 Å². The number of rotatable bonds is 3. The van der Waals surface area contributed by atoms with Crippen LogP contribution in [0.2, 0.25) is 0 Å². The van der Waals surface area contributed by atoms with Crippen LogP contribution in [0.3, 0.4) is 0 Å². The first kappa shape index (κ1) is 10.3. The van der Waals surface area contributed by atoms with Crippen molar-refractivity contribution in [2.75, 3.05) is 7.11 Å². The highest BCUT2D eigenvalue weighted by Crippen LogP contribution is 2.55. The molecule has 0 N–H and O–H groups in total. The van der Waals surface area contributed by atoms with Gasteiger partial charge in [-0.25, -0.2) is 0 Å². The molecule has 0 aliphatic heterocycles. The predicted molar refractivity (Wildman–Crippen MR) is 46.9 cm³/mol. The van der Waals surface area contributed by atoms with Crippen molar-refractivity contribution < 1.29 is 14.3 Å². The second-order valence-electron chi connectivity index (χ2n) is 3.00. The Labute approximate surface area is 80.2 Å². The third-order valence-corrected chi connectivity index (χ3v) is 2.37. The largest absolute Gasteiger partial charge is 0.468 e. The molecule has 1 aliphatic carbocycles. The van der Waals surface area contributed by atoms with E-state index in [-0.39, 0.29) is 5.92 Å². The number of methoxy groups -OCH3 is 1. The third kappa shape index (κ3) is 1.25. The molecule has 0 aromatic rings. The Morgan fingerprint density at radius 2 is 2.43 bits per heavy atom. The lowest BCUT2D eigenvalue weighted by molar-refractivity contribution is -0.151. The first-order chi connectivity index (χ1) is 6.63. The fourth-order valence-electron chi connectivity index (χ4n) is 1.45. The van der Waals surface area contributed by atoms with Gasteiger partial charge in [-0.1, -0.05) is 6.08 Å². The molecular formula is C8H9N3O3. The van der Waals surface area contributed by atoms with Crippen molar-refractivity contribution in [2.24, 2.45) is 16.4 Å². The Balaban J connectivity index is 2.97. The van der Waals surface area contributed by atoms with Gasteiger partial charge in [-0.2, -0.15) is 0 Å². The van der Waals surface area contributed by atoms with Gasteiger partial charge in [0.1, 0.15) is 5.41 Å². The van der Waals surface area contributed by atoms with Crippen LogP contribution < -0.4 is 0 Å². The van der Waals surface area contributed by atoms with Gasteiger partial charge >= 0.3 is 5.97 Å². The molecule has 0 spiro atoms. The van der Waals surface area contributed by atoms with E-state index in [0.717, 1.165) is 0 Å². The van der Waals surface area contributed by atoms with E-state index in [1.807, 2.05) is 0 Å². The van der Waals surface area contributed by atoms with Crippen molar-refractivity contribution in [1.29, 1.82) is 0 Å². The van der Waals surface area contributed by atoms with E-state index in [2.05, 4.69) is 21.3 Å². The first-order valence-corrected chi connectivity index (χ1v) is 3.94. The van der Waals surface area contributed by atoms with Crippen LogP contribution in [0.4, 0.5) is 0 Å². The van der Waals surface area contributed by atoms with Crippen LogP contribution in [-0.2, 0) is 14.3 Å². The Bertz CT molecular complexity index is 346. The number of carbonyl (C=O) groups excluding carboxylic acids is 2. The Kier molecular flexibility index (Phi) is 2.58. The van der Waals surface area contributed by atoms with Gasteiger partial charge in [-0.3, -0.25) is 9.59 Å². The zero-order valence-electron chi connectivity index (χ0n) is 7.64. The molecular weight excluding hydrogens is 186 g/mol. The van der Waals surface area contributed by atoms with Crippen molar-refractivity contribution in [3.63, 3.8) is 0 Å². The van der Waals surface area contributed by atoms with Gasteiger partial charge in [0, 0.05) is 10.8 Å². The van der Waals surface area contributed by atoms with E-state index in [9.17, 15) is 9.59 Å². The number of esters is 1. The summed E-state index contributed by atoms with van der Waals surface area (Å²) in [5.74, 6) is -1.75. The van der Waals surface area contributed by atoms with E-state index >= 15 is 0 Å². The molecule has 0 bridgehead atoms. The molecule has 74 valence electrons. The molecule has 1 aliphatic rings. The minimum atomic E-state index is -1.30. The minimum Gasteiger partial charge on any atom is -0.468 e. The quantitative estimate of drug-likeness (QED) is 0.169. The lowest BCUT2D eigenvalue weighted by atomic mass is 10.0. The molecule has 0 saturated heterocycles. The van der Waals surface area contributed by atoms with E-state index < -0.39 is 17.3 Å². The summed E-state index contributed by atoms with van der Waals surface area (Å²) in [5.41, 5.74) is 6.80. The van der Waals surface area contributed by atoms with Crippen LogP contribution in [0.5, 0.6) is 0 Å². The van der Waals surface area contributed by atoms with Crippen LogP contribution in [0, 0.1) is 11.3 Å². The Morgan fingerprint density at radius 3 is 2.79 bits per heavy atom. The average molecular weight is 195 g/mol. The number of azide groups is 1. The summed E-state index contributed by atoms with van der Waals surface area (Å²) >= 11 is 0. The lowest BCUT2D eigenvalue weighted by Gasteiger charge is -2.08. The fourth-order valence-corrected chi connectivity index (χ4v) is 1.45. The highest BCUT2D eigenvalue weighted by atomic mass is 16.5. The standard InChI is InChI=1S/C8H9N3O3/c1-3-5-4-8(5,7(13)14-2)6(12)10-11-9/h3,5H,1,4H2,2H3/t5-,8-/m0/s1. The summed E-state index contributed by atoms with van der Waals surface area (Å²) in [5, 5.41) is 2.92. The summed E-state index contributed by atoms with van der Waals surface area (Å²) in [7, 11) is 1.19. The lowest BCUT2D eigenvalue weighted by Crippen LogP contribution is -2.27. The van der Waals surface area contributed by atoms with Gasteiger partial charge in [-0.15, -0.1) is 6.58 Å². The third-order valence-electron chi connectivity index (χ3n) is 2.37. The number of hydrogen-bond donors (Lipinski definition) is 0. The van der Waals surface area contributed by atoms with Crippen LogP contribution in [0.1, 0.15) is 6.42 Å². The number of ether oxygens (including phenoxy) is 1. The fraction of sp³-hybridized carbons (Fsp3) is 0.500. The molecule has 1 rings (SSSR count). The SMILES string of the molecule is C=C[C@H]1C[C@]1(C(=O)N=[N+]=[N-])C(=O)OC. The second-order valence-corrected chi connectivity index (χ2v) is 3.00. The van der Waals surface area contributed by atoms with Crippen LogP contribution in [-0.4, -0.2) is 19.0 Å². The normalized spacial score (nSPS) is 28.5. The highest BCUT2D eigenvalue weighted by molar-refractivity contribution is 6.07. The van der Waals surface area contributed by atoms with Crippen molar-refractivity contribution in [2.45, 2.75) is 6.42 Å². The van der Waals surface area contributed by atoms with Gasteiger partial charge in [0.25, 0.3) is 0 Å². The van der Waals surface area contributed by atoms with Gasteiger partial charge in [0.15, 0.2) is 0 Å². The molecule has 0 heterocycles. The van der Waals surface area contributed by atoms with Crippen molar-refractivity contribution in [3.8, 4) is 0 Å². The average Bonchev–Trinajstić information content (AvgIpc) is 2.92. The van der Waals surface area contributed by atoms with Gasteiger partial charge in [-0.05, 0) is 17.1 Å². The van der Waals surface area contributed by atoms with E-state index in [1.54, 1.807) is 0 Å². The van der Waals surface area contributed by atoms with Crippen LogP contribution in [0.15, 0.2) is 17.8 Å². The maximum Gasteiger partial charge on any atom is 0.320 e. The molecule has 1 amide bonds. The highest BCUT2D eigenvalue weighted by Gasteiger charge is 2.64. The molecule has 6 heteroatoms. The van der Waals surface area contributed by atoms with Crippen molar-refractivity contribution in [1.82, 2.24) is 0 Å². The van der Waals surface area contributed by atoms with Gasteiger partial charge in [0.2, 0.25) is 5.91 Å². The van der Waals surface area contributed by atoms with E-state index in [1.165, 1.54) is 13.2 Å². The van der Waals surface area contributed by atoms with Crippen molar-refractivity contribution >= 4 is 11.9 Å². The predicted octanol–water partition coefficient (Wildman–Crippen LogP) is 1.19. The zero-order valence-corrected chi connectivity index (χ0v) is 7.64. The Morgan fingerprint density at radius 1 is 1.79 bits per heavy atom. The number of carbonyl (C=O) groups is 2. The molecule has 1 saturated carbocycles. The zero-order chi connectivity index (χ0) is 10.8. The summed E-state index contributed by atoms with van der Waals surface area (Å²) in [6, 6.07) is 0. The molecule has 0 radical (unpaired) electrons. The summed E-state index contributed by atoms with van der Waals surface area (Å²) in [6.45, 7) is 3.48. The molecule has 6 nitrogen and oxygen atoms in total. The minimum absolute atomic E-state index is 0.284. The molecule has 0 aromatic carbocycles. The maximum absolute atomic E-state index is 11.3. The van der Waals surface area contributed by atoms with E-state index in [4.69, 9.17) is 5.53 Å². The maximum atomic E-state index is 11.3. The molecule has 2 atom stereocenters. The second kappa shape index (κ2) is 3.51.